The minimum absolute atomic E-state index is 0.0612. The molecule has 0 aliphatic carbocycles. The molecule has 39 heavy (non-hydrogen) atoms. The highest BCUT2D eigenvalue weighted by atomic mass is 19.1. The monoisotopic (exact) mass is 535 g/mol. The molecule has 3 heterocycles. The number of nitrogens with one attached hydrogen (secondary N) is 1. The van der Waals surface area contributed by atoms with Crippen molar-refractivity contribution in [2.24, 2.45) is 0 Å². The van der Waals surface area contributed by atoms with Crippen LogP contribution in [0.15, 0.2) is 71.1 Å². The van der Waals surface area contributed by atoms with Gasteiger partial charge in [0, 0.05) is 32.8 Å². The van der Waals surface area contributed by atoms with E-state index in [-0.39, 0.29) is 24.3 Å². The molecule has 2 saturated heterocycles. The molecule has 3 aromatic rings. The Kier molecular flexibility index (Phi) is 9.03. The molecule has 0 unspecified atom stereocenters. The van der Waals surface area contributed by atoms with Gasteiger partial charge in [0.05, 0.1) is 25.9 Å². The van der Waals surface area contributed by atoms with Crippen molar-refractivity contribution in [3.8, 4) is 0 Å². The molecule has 2 aliphatic rings. The van der Waals surface area contributed by atoms with Gasteiger partial charge in [0.2, 0.25) is 5.91 Å². The van der Waals surface area contributed by atoms with Gasteiger partial charge in [-0.2, -0.15) is 0 Å². The van der Waals surface area contributed by atoms with Gasteiger partial charge < -0.3 is 24.1 Å². The van der Waals surface area contributed by atoms with Crippen molar-refractivity contribution >= 4 is 11.8 Å². The van der Waals surface area contributed by atoms with Crippen LogP contribution < -0.4 is 5.32 Å². The van der Waals surface area contributed by atoms with Crippen molar-refractivity contribution in [1.82, 2.24) is 15.1 Å². The molecule has 0 bridgehead atoms. The van der Waals surface area contributed by atoms with Crippen LogP contribution in [0.3, 0.4) is 0 Å². The van der Waals surface area contributed by atoms with E-state index in [1.807, 2.05) is 30.3 Å². The second-order valence-electron chi connectivity index (χ2n) is 9.91. The minimum atomic E-state index is -1.01. The van der Waals surface area contributed by atoms with Crippen LogP contribution in [0.2, 0.25) is 0 Å². The number of furan rings is 1. The Labute approximate surface area is 227 Å². The summed E-state index contributed by atoms with van der Waals surface area (Å²) in [5.74, 6) is -0.388. The van der Waals surface area contributed by atoms with Crippen molar-refractivity contribution in [3.63, 3.8) is 0 Å². The molecule has 0 saturated carbocycles. The van der Waals surface area contributed by atoms with Gasteiger partial charge in [0.1, 0.15) is 17.6 Å². The number of benzene rings is 2. The SMILES string of the molecule is O=C(NC[C@H]1CCCO1)[C@H](c1ccc(F)cc1)N(Cc1ccccc1)C(=O)c1ccc(CN2CCOCC2)o1. The van der Waals surface area contributed by atoms with Gasteiger partial charge in [-0.3, -0.25) is 14.5 Å². The number of amides is 2. The number of carbonyl (C=O) groups excluding carboxylic acids is 2. The molecule has 5 rings (SSSR count). The summed E-state index contributed by atoms with van der Waals surface area (Å²) in [7, 11) is 0. The van der Waals surface area contributed by atoms with E-state index in [2.05, 4.69) is 10.2 Å². The Balaban J connectivity index is 1.43. The first kappa shape index (κ1) is 27.1. The van der Waals surface area contributed by atoms with Crippen molar-refractivity contribution < 1.29 is 27.9 Å². The Hall–Kier alpha value is -3.53. The van der Waals surface area contributed by atoms with Gasteiger partial charge >= 0.3 is 0 Å². The highest BCUT2D eigenvalue weighted by Gasteiger charge is 2.34. The second kappa shape index (κ2) is 13.0. The van der Waals surface area contributed by atoms with Crippen LogP contribution in [0.1, 0.15) is 46.3 Å². The number of nitrogens with zero attached hydrogens (tertiary/aromatic N) is 2. The molecule has 9 heteroatoms. The van der Waals surface area contributed by atoms with E-state index in [0.29, 0.717) is 44.2 Å². The Morgan fingerprint density at radius 1 is 1.00 bits per heavy atom. The summed E-state index contributed by atoms with van der Waals surface area (Å²) in [5, 5.41) is 2.97. The van der Waals surface area contributed by atoms with Crippen LogP contribution in [0.4, 0.5) is 4.39 Å². The fraction of sp³-hybridized carbons (Fsp3) is 0.400. The van der Waals surface area contributed by atoms with E-state index in [1.165, 1.54) is 17.0 Å². The second-order valence-corrected chi connectivity index (χ2v) is 9.91. The summed E-state index contributed by atoms with van der Waals surface area (Å²) in [5.41, 5.74) is 1.36. The minimum Gasteiger partial charge on any atom is -0.455 e. The maximum Gasteiger partial charge on any atom is 0.290 e. The molecule has 0 radical (unpaired) electrons. The van der Waals surface area contributed by atoms with Crippen LogP contribution in [-0.4, -0.2) is 67.2 Å². The first-order valence-electron chi connectivity index (χ1n) is 13.5. The van der Waals surface area contributed by atoms with E-state index in [0.717, 1.165) is 31.5 Å². The molecule has 206 valence electrons. The van der Waals surface area contributed by atoms with Crippen LogP contribution >= 0.6 is 0 Å². The van der Waals surface area contributed by atoms with Crippen LogP contribution in [0, 0.1) is 5.82 Å². The highest BCUT2D eigenvalue weighted by Crippen LogP contribution is 2.27. The lowest BCUT2D eigenvalue weighted by Crippen LogP contribution is -2.45. The maximum absolute atomic E-state index is 14.0. The van der Waals surface area contributed by atoms with Crippen molar-refractivity contribution in [2.45, 2.75) is 38.1 Å². The van der Waals surface area contributed by atoms with Crippen molar-refractivity contribution in [2.75, 3.05) is 39.5 Å². The van der Waals surface area contributed by atoms with E-state index in [4.69, 9.17) is 13.9 Å². The number of halogens is 1. The van der Waals surface area contributed by atoms with Gasteiger partial charge in [-0.15, -0.1) is 0 Å². The predicted octanol–water partition coefficient (Wildman–Crippen LogP) is 3.93. The van der Waals surface area contributed by atoms with E-state index >= 15 is 0 Å². The summed E-state index contributed by atoms with van der Waals surface area (Å²) in [6.07, 6.45) is 1.76. The zero-order valence-electron chi connectivity index (χ0n) is 21.9. The number of carbonyl (C=O) groups is 2. The third-order valence-electron chi connectivity index (χ3n) is 7.09. The average molecular weight is 536 g/mol. The topological polar surface area (TPSA) is 84.2 Å². The Bertz CT molecular complexity index is 1220. The van der Waals surface area contributed by atoms with Crippen LogP contribution in [0.5, 0.6) is 0 Å². The third-order valence-corrected chi connectivity index (χ3v) is 7.09. The molecule has 1 N–H and O–H groups in total. The zero-order chi connectivity index (χ0) is 27.0. The molecular weight excluding hydrogens is 501 g/mol. The fourth-order valence-electron chi connectivity index (χ4n) is 4.99. The van der Waals surface area contributed by atoms with Gasteiger partial charge in [0.25, 0.3) is 5.91 Å². The molecule has 2 aliphatic heterocycles. The highest BCUT2D eigenvalue weighted by molar-refractivity contribution is 5.96. The summed E-state index contributed by atoms with van der Waals surface area (Å²) < 4.78 is 30.9. The zero-order valence-corrected chi connectivity index (χ0v) is 21.9. The molecule has 2 fully saturated rings. The van der Waals surface area contributed by atoms with Crippen molar-refractivity contribution in [3.05, 3.63) is 95.2 Å². The van der Waals surface area contributed by atoms with Crippen LogP contribution in [0.25, 0.3) is 0 Å². The van der Waals surface area contributed by atoms with E-state index < -0.39 is 17.8 Å². The smallest absolute Gasteiger partial charge is 0.290 e. The molecule has 0 spiro atoms. The van der Waals surface area contributed by atoms with Crippen LogP contribution in [-0.2, 0) is 27.4 Å². The first-order valence-corrected chi connectivity index (χ1v) is 13.5. The summed E-state index contributed by atoms with van der Waals surface area (Å²) in [6, 6.07) is 17.6. The van der Waals surface area contributed by atoms with Crippen molar-refractivity contribution in [1.29, 1.82) is 0 Å². The van der Waals surface area contributed by atoms with E-state index in [1.54, 1.807) is 24.3 Å². The predicted molar refractivity (Wildman–Crippen MR) is 142 cm³/mol. The number of morpholine rings is 1. The first-order chi connectivity index (χ1) is 19.1. The molecule has 1 aromatic heterocycles. The normalized spacial score (nSPS) is 18.5. The number of ether oxygens (including phenoxy) is 2. The molecule has 2 amide bonds. The summed E-state index contributed by atoms with van der Waals surface area (Å²) in [6.45, 7) is 4.66. The molecular formula is C30H34FN3O5. The Morgan fingerprint density at radius 3 is 2.49 bits per heavy atom. The summed E-state index contributed by atoms with van der Waals surface area (Å²) >= 11 is 0. The molecule has 2 atom stereocenters. The number of hydrogen-bond acceptors (Lipinski definition) is 6. The quantitative estimate of drug-likeness (QED) is 0.424. The standard InChI is InChI=1S/C30H34FN3O5/c31-24-10-8-23(9-11-24)28(29(35)32-19-25-7-4-16-38-25)34(20-22-5-2-1-3-6-22)30(36)27-13-12-26(39-27)21-33-14-17-37-18-15-33/h1-3,5-6,8-13,25,28H,4,7,14-21H2,(H,32,35)/t25-,28+/m1/s1. The number of hydrogen-bond donors (Lipinski definition) is 1. The molecule has 8 nitrogen and oxygen atoms in total. The summed E-state index contributed by atoms with van der Waals surface area (Å²) in [4.78, 5) is 31.4. The average Bonchev–Trinajstić information content (AvgIpc) is 3.66. The molecule has 2 aromatic carbocycles. The lowest BCUT2D eigenvalue weighted by Gasteiger charge is -2.31. The lowest BCUT2D eigenvalue weighted by molar-refractivity contribution is -0.126. The fourth-order valence-corrected chi connectivity index (χ4v) is 4.99. The van der Waals surface area contributed by atoms with Gasteiger partial charge in [-0.05, 0) is 48.2 Å². The van der Waals surface area contributed by atoms with Gasteiger partial charge in [-0.1, -0.05) is 42.5 Å². The third kappa shape index (κ3) is 7.11. The van der Waals surface area contributed by atoms with Gasteiger partial charge in [-0.25, -0.2) is 4.39 Å². The van der Waals surface area contributed by atoms with Gasteiger partial charge in [0.15, 0.2) is 5.76 Å². The Morgan fingerprint density at radius 2 is 1.77 bits per heavy atom. The number of rotatable bonds is 10. The lowest BCUT2D eigenvalue weighted by atomic mass is 10.0. The maximum atomic E-state index is 14.0. The van der Waals surface area contributed by atoms with E-state index in [9.17, 15) is 14.0 Å². The largest absolute Gasteiger partial charge is 0.455 e.